The summed E-state index contributed by atoms with van der Waals surface area (Å²) in [5.74, 6) is 0. The van der Waals surface area contributed by atoms with Crippen molar-refractivity contribution in [3.63, 3.8) is 0 Å². The fourth-order valence-corrected chi connectivity index (χ4v) is 2.82. The average Bonchev–Trinajstić information content (AvgIpc) is 2.37. The number of unbranched alkanes of at least 4 members (excludes halogenated alkanes) is 7. The van der Waals surface area contributed by atoms with Crippen LogP contribution in [-0.4, -0.2) is 35.5 Å². The van der Waals surface area contributed by atoms with Gasteiger partial charge in [-0.05, 0) is 26.7 Å². The molecule has 0 aromatic rings. The maximum absolute atomic E-state index is 9.93. The topological polar surface area (TPSA) is 20.2 Å². The standard InChI is InChI=1S/C16H36NO/c1-5-8-9-10-11-12-13-14-15-17(6-2,7-3)16(4)18/h16,18H,5-15H2,1-4H3/q+1. The smallest absolute Gasteiger partial charge is 0.187 e. The number of hydrogen-bond donors (Lipinski definition) is 1. The van der Waals surface area contributed by atoms with Crippen LogP contribution in [0.5, 0.6) is 0 Å². The molecule has 0 amide bonds. The third-order valence-corrected chi connectivity index (χ3v) is 4.51. The van der Waals surface area contributed by atoms with Crippen LogP contribution in [0.2, 0.25) is 0 Å². The van der Waals surface area contributed by atoms with Crippen molar-refractivity contribution in [2.24, 2.45) is 0 Å². The van der Waals surface area contributed by atoms with Gasteiger partial charge in [-0.15, -0.1) is 0 Å². The molecule has 0 saturated heterocycles. The van der Waals surface area contributed by atoms with Crippen LogP contribution in [0.15, 0.2) is 0 Å². The van der Waals surface area contributed by atoms with E-state index in [2.05, 4.69) is 20.8 Å². The van der Waals surface area contributed by atoms with Gasteiger partial charge in [-0.2, -0.15) is 0 Å². The van der Waals surface area contributed by atoms with E-state index in [0.717, 1.165) is 24.1 Å². The Labute approximate surface area is 115 Å². The van der Waals surface area contributed by atoms with Crippen LogP contribution < -0.4 is 0 Å². The molecule has 0 spiro atoms. The molecule has 0 aliphatic carbocycles. The summed E-state index contributed by atoms with van der Waals surface area (Å²) in [6.07, 6.45) is 10.7. The Morgan fingerprint density at radius 3 is 1.61 bits per heavy atom. The molecule has 1 N–H and O–H groups in total. The molecule has 0 bridgehead atoms. The molecule has 0 heterocycles. The van der Waals surface area contributed by atoms with Crippen LogP contribution in [0.3, 0.4) is 0 Å². The zero-order chi connectivity index (χ0) is 13.9. The minimum absolute atomic E-state index is 0.218. The Balaban J connectivity index is 3.62. The third kappa shape index (κ3) is 6.75. The largest absolute Gasteiger partial charge is 0.345 e. The Morgan fingerprint density at radius 1 is 0.778 bits per heavy atom. The Bertz CT molecular complexity index is 176. The molecule has 0 aliphatic rings. The highest BCUT2D eigenvalue weighted by Crippen LogP contribution is 2.15. The van der Waals surface area contributed by atoms with Crippen molar-refractivity contribution in [1.82, 2.24) is 0 Å². The van der Waals surface area contributed by atoms with Gasteiger partial charge in [0.25, 0.3) is 0 Å². The van der Waals surface area contributed by atoms with E-state index < -0.39 is 0 Å². The van der Waals surface area contributed by atoms with Gasteiger partial charge in [0, 0.05) is 6.92 Å². The lowest BCUT2D eigenvalue weighted by Crippen LogP contribution is -2.54. The molecule has 0 aromatic carbocycles. The number of nitrogens with zero attached hydrogens (tertiary/aromatic N) is 1. The Hall–Kier alpha value is -0.0800. The first-order valence-electron chi connectivity index (χ1n) is 8.16. The highest BCUT2D eigenvalue weighted by Gasteiger charge is 2.27. The first kappa shape index (κ1) is 17.9. The van der Waals surface area contributed by atoms with Gasteiger partial charge in [-0.25, -0.2) is 0 Å². The minimum atomic E-state index is -0.218. The number of aliphatic hydroxyl groups excluding tert-OH is 1. The first-order valence-corrected chi connectivity index (χ1v) is 8.16. The van der Waals surface area contributed by atoms with E-state index in [9.17, 15) is 5.11 Å². The van der Waals surface area contributed by atoms with Gasteiger partial charge in [0.2, 0.25) is 0 Å². The van der Waals surface area contributed by atoms with Gasteiger partial charge >= 0.3 is 0 Å². The zero-order valence-corrected chi connectivity index (χ0v) is 13.2. The molecule has 110 valence electrons. The van der Waals surface area contributed by atoms with Crippen LogP contribution in [-0.2, 0) is 0 Å². The van der Waals surface area contributed by atoms with Gasteiger partial charge in [0.05, 0.1) is 19.6 Å². The maximum Gasteiger partial charge on any atom is 0.187 e. The molecule has 0 aromatic heterocycles. The second-order valence-electron chi connectivity index (χ2n) is 5.68. The quantitative estimate of drug-likeness (QED) is 0.314. The van der Waals surface area contributed by atoms with Crippen molar-refractivity contribution >= 4 is 0 Å². The summed E-state index contributed by atoms with van der Waals surface area (Å²) in [5.41, 5.74) is 0. The Kier molecular flexibility index (Phi) is 10.8. The van der Waals surface area contributed by atoms with Crippen molar-refractivity contribution in [1.29, 1.82) is 0 Å². The highest BCUT2D eigenvalue weighted by molar-refractivity contribution is 4.48. The molecule has 0 radical (unpaired) electrons. The van der Waals surface area contributed by atoms with Gasteiger partial charge < -0.3 is 5.11 Å². The SMILES string of the molecule is CCCCCCCCCC[N+](CC)(CC)C(C)O. The zero-order valence-electron chi connectivity index (χ0n) is 13.2. The Morgan fingerprint density at radius 2 is 1.22 bits per heavy atom. The van der Waals surface area contributed by atoms with Crippen molar-refractivity contribution in [2.45, 2.75) is 85.3 Å². The van der Waals surface area contributed by atoms with Crippen molar-refractivity contribution in [2.75, 3.05) is 19.6 Å². The van der Waals surface area contributed by atoms with Gasteiger partial charge in [0.1, 0.15) is 0 Å². The number of aliphatic hydroxyl groups is 1. The van der Waals surface area contributed by atoms with Crippen molar-refractivity contribution in [3.05, 3.63) is 0 Å². The van der Waals surface area contributed by atoms with Crippen LogP contribution in [0.4, 0.5) is 0 Å². The minimum Gasteiger partial charge on any atom is -0.345 e. The predicted molar refractivity (Wildman–Crippen MR) is 80.5 cm³/mol. The molecule has 1 unspecified atom stereocenters. The first-order chi connectivity index (χ1) is 8.63. The normalized spacial score (nSPS) is 13.8. The maximum atomic E-state index is 9.93. The van der Waals surface area contributed by atoms with Crippen LogP contribution in [0, 0.1) is 0 Å². The van der Waals surface area contributed by atoms with E-state index in [-0.39, 0.29) is 6.23 Å². The summed E-state index contributed by atoms with van der Waals surface area (Å²) >= 11 is 0. The van der Waals surface area contributed by atoms with E-state index in [1.807, 2.05) is 6.92 Å². The molecule has 0 aliphatic heterocycles. The van der Waals surface area contributed by atoms with Crippen molar-refractivity contribution in [3.8, 4) is 0 Å². The third-order valence-electron chi connectivity index (χ3n) is 4.51. The summed E-state index contributed by atoms with van der Waals surface area (Å²) in [5, 5.41) is 9.93. The number of hydrogen-bond acceptors (Lipinski definition) is 1. The van der Waals surface area contributed by atoms with Crippen LogP contribution >= 0.6 is 0 Å². The molecule has 2 heteroatoms. The summed E-state index contributed by atoms with van der Waals surface area (Å²) in [4.78, 5) is 0. The van der Waals surface area contributed by atoms with Crippen LogP contribution in [0.1, 0.15) is 79.1 Å². The molecule has 1 atom stereocenters. The number of quaternary nitrogens is 1. The summed E-state index contributed by atoms with van der Waals surface area (Å²) in [6.45, 7) is 11.8. The summed E-state index contributed by atoms with van der Waals surface area (Å²) in [7, 11) is 0. The van der Waals surface area contributed by atoms with Gasteiger partial charge in [-0.3, -0.25) is 4.48 Å². The fourth-order valence-electron chi connectivity index (χ4n) is 2.82. The van der Waals surface area contributed by atoms with E-state index in [1.165, 1.54) is 51.4 Å². The molecule has 0 fully saturated rings. The molecule has 0 saturated carbocycles. The summed E-state index contributed by atoms with van der Waals surface area (Å²) < 4.78 is 0.871. The lowest BCUT2D eigenvalue weighted by atomic mass is 10.1. The average molecular weight is 258 g/mol. The summed E-state index contributed by atoms with van der Waals surface area (Å²) in [6, 6.07) is 0. The lowest BCUT2D eigenvalue weighted by molar-refractivity contribution is -0.966. The molecular formula is C16H36NO+. The molecule has 0 rings (SSSR count). The molecule has 18 heavy (non-hydrogen) atoms. The van der Waals surface area contributed by atoms with Crippen LogP contribution in [0.25, 0.3) is 0 Å². The monoisotopic (exact) mass is 258 g/mol. The highest BCUT2D eigenvalue weighted by atomic mass is 16.3. The second kappa shape index (κ2) is 10.8. The van der Waals surface area contributed by atoms with Gasteiger partial charge in [-0.1, -0.05) is 45.4 Å². The van der Waals surface area contributed by atoms with Gasteiger partial charge in [0.15, 0.2) is 6.23 Å². The second-order valence-corrected chi connectivity index (χ2v) is 5.68. The van der Waals surface area contributed by atoms with E-state index >= 15 is 0 Å². The lowest BCUT2D eigenvalue weighted by Gasteiger charge is -2.39. The van der Waals surface area contributed by atoms with E-state index in [1.54, 1.807) is 0 Å². The fraction of sp³-hybridized carbons (Fsp3) is 1.00. The molecular weight excluding hydrogens is 222 g/mol. The van der Waals surface area contributed by atoms with E-state index in [4.69, 9.17) is 0 Å². The van der Waals surface area contributed by atoms with E-state index in [0.29, 0.717) is 0 Å². The number of rotatable bonds is 12. The predicted octanol–water partition coefficient (Wildman–Crippen LogP) is 4.32. The van der Waals surface area contributed by atoms with Crippen molar-refractivity contribution < 1.29 is 9.59 Å². The molecule has 2 nitrogen and oxygen atoms in total.